The maximum absolute atomic E-state index is 13.5. The summed E-state index contributed by atoms with van der Waals surface area (Å²) in [6, 6.07) is 21.4. The Morgan fingerprint density at radius 2 is 1.83 bits per heavy atom. The van der Waals surface area contributed by atoms with Crippen molar-refractivity contribution < 1.29 is 14.2 Å². The lowest BCUT2D eigenvalue weighted by Gasteiger charge is -2.25. The maximum Gasteiger partial charge on any atom is 0.123 e. The van der Waals surface area contributed by atoms with Gasteiger partial charge in [-0.2, -0.15) is 0 Å². The van der Waals surface area contributed by atoms with Crippen LogP contribution >= 0.6 is 0 Å². The first-order chi connectivity index (χ1) is 14.7. The Balaban J connectivity index is 1.31. The zero-order valence-corrected chi connectivity index (χ0v) is 17.2. The second-order valence-corrected chi connectivity index (χ2v) is 8.07. The van der Waals surface area contributed by atoms with Crippen LogP contribution in [0.3, 0.4) is 0 Å². The van der Waals surface area contributed by atoms with Gasteiger partial charge in [-0.3, -0.25) is 4.90 Å². The standard InChI is InChI=1S/C25H29FN2O2/c26-22-9-4-8-21(14-22)15-27-13-5-10-24(27)16-28(23-11-12-23)17-25(29)19-30-18-20-6-2-1-3-7-20/h1-10,13-14,23,25,29H,11-12,15-19H2/t25-/m1/s1. The third kappa shape index (κ3) is 6.02. The van der Waals surface area contributed by atoms with Gasteiger partial charge in [-0.1, -0.05) is 42.5 Å². The van der Waals surface area contributed by atoms with E-state index in [-0.39, 0.29) is 5.82 Å². The van der Waals surface area contributed by atoms with Crippen LogP contribution in [0.15, 0.2) is 72.9 Å². The number of rotatable bonds is 11. The van der Waals surface area contributed by atoms with E-state index in [1.54, 1.807) is 12.1 Å². The zero-order valence-electron chi connectivity index (χ0n) is 17.2. The molecule has 30 heavy (non-hydrogen) atoms. The van der Waals surface area contributed by atoms with Crippen LogP contribution in [0.2, 0.25) is 0 Å². The largest absolute Gasteiger partial charge is 0.389 e. The molecule has 1 aliphatic carbocycles. The van der Waals surface area contributed by atoms with Crippen LogP contribution in [0.4, 0.5) is 4.39 Å². The van der Waals surface area contributed by atoms with Crippen molar-refractivity contribution >= 4 is 0 Å². The van der Waals surface area contributed by atoms with Crippen LogP contribution < -0.4 is 0 Å². The van der Waals surface area contributed by atoms with Crippen molar-refractivity contribution in [2.24, 2.45) is 0 Å². The lowest BCUT2D eigenvalue weighted by molar-refractivity contribution is 0.00672. The molecule has 158 valence electrons. The number of ether oxygens (including phenoxy) is 1. The van der Waals surface area contributed by atoms with E-state index in [0.29, 0.717) is 32.3 Å². The lowest BCUT2D eigenvalue weighted by atomic mass is 10.2. The Morgan fingerprint density at radius 1 is 1.03 bits per heavy atom. The molecule has 0 unspecified atom stereocenters. The molecule has 2 aromatic carbocycles. The Kier molecular flexibility index (Phi) is 6.95. The number of hydrogen-bond acceptors (Lipinski definition) is 3. The third-order valence-corrected chi connectivity index (χ3v) is 5.46. The highest BCUT2D eigenvalue weighted by molar-refractivity contribution is 5.19. The van der Waals surface area contributed by atoms with Crippen molar-refractivity contribution in [2.45, 2.75) is 44.7 Å². The minimum Gasteiger partial charge on any atom is -0.389 e. The quantitative estimate of drug-likeness (QED) is 0.516. The molecule has 1 fully saturated rings. The summed E-state index contributed by atoms with van der Waals surface area (Å²) in [5, 5.41) is 10.5. The first-order valence-corrected chi connectivity index (χ1v) is 10.6. The molecule has 0 bridgehead atoms. The third-order valence-electron chi connectivity index (χ3n) is 5.46. The second kappa shape index (κ2) is 10.0. The van der Waals surface area contributed by atoms with Crippen molar-refractivity contribution in [2.75, 3.05) is 13.2 Å². The zero-order chi connectivity index (χ0) is 20.8. The number of hydrogen-bond donors (Lipinski definition) is 1. The number of nitrogens with zero attached hydrogens (tertiary/aromatic N) is 2. The minimum atomic E-state index is -0.527. The van der Waals surface area contributed by atoms with Gasteiger partial charge >= 0.3 is 0 Å². The number of benzene rings is 2. The SMILES string of the molecule is O[C@@H](COCc1ccccc1)CN(Cc1cccn1Cc1cccc(F)c1)C1CC1. The first-order valence-electron chi connectivity index (χ1n) is 10.6. The Labute approximate surface area is 177 Å². The topological polar surface area (TPSA) is 37.6 Å². The van der Waals surface area contributed by atoms with E-state index in [1.807, 2.05) is 48.7 Å². The highest BCUT2D eigenvalue weighted by Gasteiger charge is 2.30. The summed E-state index contributed by atoms with van der Waals surface area (Å²) in [5.74, 6) is -0.209. The van der Waals surface area contributed by atoms with Gasteiger partial charge in [0.2, 0.25) is 0 Å². The number of aliphatic hydroxyl groups is 1. The van der Waals surface area contributed by atoms with Gasteiger partial charge in [-0.05, 0) is 48.2 Å². The summed E-state index contributed by atoms with van der Waals surface area (Å²) < 4.78 is 21.4. The van der Waals surface area contributed by atoms with Crippen molar-refractivity contribution in [3.05, 3.63) is 95.6 Å². The fourth-order valence-electron chi connectivity index (χ4n) is 3.78. The van der Waals surface area contributed by atoms with Crippen molar-refractivity contribution in [3.63, 3.8) is 0 Å². The van der Waals surface area contributed by atoms with E-state index in [0.717, 1.165) is 17.7 Å². The summed E-state index contributed by atoms with van der Waals surface area (Å²) in [6.07, 6.45) is 3.84. The van der Waals surface area contributed by atoms with Gasteiger partial charge in [0.05, 0.1) is 19.3 Å². The van der Waals surface area contributed by atoms with Crippen LogP contribution in [-0.2, 0) is 24.4 Å². The number of aromatic nitrogens is 1. The molecule has 0 radical (unpaired) electrons. The smallest absolute Gasteiger partial charge is 0.123 e. The molecule has 5 heteroatoms. The summed E-state index contributed by atoms with van der Waals surface area (Å²) in [7, 11) is 0. The summed E-state index contributed by atoms with van der Waals surface area (Å²) in [5.41, 5.74) is 3.22. The molecule has 1 N–H and O–H groups in total. The summed E-state index contributed by atoms with van der Waals surface area (Å²) in [6.45, 7) is 2.83. The van der Waals surface area contributed by atoms with E-state index in [2.05, 4.69) is 15.5 Å². The minimum absolute atomic E-state index is 0.209. The van der Waals surface area contributed by atoms with Crippen LogP contribution in [0.25, 0.3) is 0 Å². The van der Waals surface area contributed by atoms with Crippen LogP contribution in [-0.4, -0.2) is 39.9 Å². The van der Waals surface area contributed by atoms with Crippen molar-refractivity contribution in [1.82, 2.24) is 9.47 Å². The van der Waals surface area contributed by atoms with Gasteiger partial charge in [-0.25, -0.2) is 4.39 Å². The molecule has 3 aromatic rings. The molecule has 4 nitrogen and oxygen atoms in total. The molecule has 0 aliphatic heterocycles. The van der Waals surface area contributed by atoms with Gasteiger partial charge in [0.25, 0.3) is 0 Å². The normalized spacial score (nSPS) is 14.9. The molecular formula is C25H29FN2O2. The summed E-state index contributed by atoms with van der Waals surface area (Å²) in [4.78, 5) is 2.34. The van der Waals surface area contributed by atoms with E-state index in [1.165, 1.54) is 24.6 Å². The Hall–Kier alpha value is -2.47. The molecule has 4 rings (SSSR count). The van der Waals surface area contributed by atoms with Crippen molar-refractivity contribution in [1.29, 1.82) is 0 Å². The molecule has 1 aliphatic rings. The average molecular weight is 409 g/mol. The molecule has 0 amide bonds. The molecule has 1 saturated carbocycles. The van der Waals surface area contributed by atoms with Gasteiger partial charge in [0.1, 0.15) is 5.82 Å². The van der Waals surface area contributed by atoms with E-state index in [9.17, 15) is 9.50 Å². The highest BCUT2D eigenvalue weighted by Crippen LogP contribution is 2.28. The Bertz CT molecular complexity index is 924. The molecule has 0 spiro atoms. The van der Waals surface area contributed by atoms with Gasteiger partial charge < -0.3 is 14.4 Å². The molecule has 1 aromatic heterocycles. The predicted molar refractivity (Wildman–Crippen MR) is 115 cm³/mol. The molecular weight excluding hydrogens is 379 g/mol. The van der Waals surface area contributed by atoms with Crippen molar-refractivity contribution in [3.8, 4) is 0 Å². The average Bonchev–Trinajstić information content (AvgIpc) is 3.50. The summed E-state index contributed by atoms with van der Waals surface area (Å²) >= 11 is 0. The fraction of sp³-hybridized carbons (Fsp3) is 0.360. The van der Waals surface area contributed by atoms with Crippen LogP contribution in [0, 0.1) is 5.82 Å². The lowest BCUT2D eigenvalue weighted by Crippen LogP contribution is -2.36. The maximum atomic E-state index is 13.5. The van der Waals surface area contributed by atoms with Crippen LogP contribution in [0.1, 0.15) is 29.7 Å². The predicted octanol–water partition coefficient (Wildman–Crippen LogP) is 4.22. The number of aliphatic hydroxyl groups excluding tert-OH is 1. The number of halogens is 1. The monoisotopic (exact) mass is 408 g/mol. The van der Waals surface area contributed by atoms with E-state index < -0.39 is 6.10 Å². The van der Waals surface area contributed by atoms with Gasteiger partial charge in [0.15, 0.2) is 0 Å². The molecule has 1 heterocycles. The van der Waals surface area contributed by atoms with Gasteiger partial charge in [0, 0.05) is 37.6 Å². The van der Waals surface area contributed by atoms with Crippen LogP contribution in [0.5, 0.6) is 0 Å². The van der Waals surface area contributed by atoms with E-state index in [4.69, 9.17) is 4.74 Å². The molecule has 0 saturated heterocycles. The molecule has 1 atom stereocenters. The Morgan fingerprint density at radius 3 is 2.60 bits per heavy atom. The highest BCUT2D eigenvalue weighted by atomic mass is 19.1. The van der Waals surface area contributed by atoms with Gasteiger partial charge in [-0.15, -0.1) is 0 Å². The van der Waals surface area contributed by atoms with E-state index >= 15 is 0 Å². The second-order valence-electron chi connectivity index (χ2n) is 8.07. The first kappa shape index (κ1) is 20.8. The fourth-order valence-corrected chi connectivity index (χ4v) is 3.78.